The third kappa shape index (κ3) is 2.84. The minimum atomic E-state index is -0.231. The van der Waals surface area contributed by atoms with Crippen molar-refractivity contribution in [3.05, 3.63) is 0 Å². The summed E-state index contributed by atoms with van der Waals surface area (Å²) in [5.41, 5.74) is 5.95. The molecule has 0 aromatic heterocycles. The van der Waals surface area contributed by atoms with E-state index in [0.29, 0.717) is 12.5 Å². The van der Waals surface area contributed by atoms with Crippen molar-refractivity contribution in [2.45, 2.75) is 31.7 Å². The van der Waals surface area contributed by atoms with Crippen molar-refractivity contribution in [3.63, 3.8) is 0 Å². The summed E-state index contributed by atoms with van der Waals surface area (Å²) in [6, 6.07) is 0.126. The summed E-state index contributed by atoms with van der Waals surface area (Å²) in [5.74, 6) is 1.49. The van der Waals surface area contributed by atoms with Crippen LogP contribution in [-0.4, -0.2) is 37.2 Å². The monoisotopic (exact) mass is 212 g/mol. The van der Waals surface area contributed by atoms with Gasteiger partial charge in [0.15, 0.2) is 0 Å². The zero-order valence-corrected chi connectivity index (χ0v) is 9.32. The molecule has 2 fully saturated rings. The Hall–Kier alpha value is -0.770. The van der Waals surface area contributed by atoms with Gasteiger partial charge in [-0.05, 0) is 24.7 Å². The Morgan fingerprint density at radius 1 is 1.40 bits per heavy atom. The van der Waals surface area contributed by atoms with Crippen molar-refractivity contribution < 1.29 is 9.53 Å². The Morgan fingerprint density at radius 3 is 2.73 bits per heavy atom. The first-order chi connectivity index (χ1) is 7.19. The van der Waals surface area contributed by atoms with E-state index in [9.17, 15) is 4.79 Å². The van der Waals surface area contributed by atoms with Crippen LogP contribution >= 0.6 is 0 Å². The first-order valence-electron chi connectivity index (χ1n) is 5.77. The molecule has 0 aromatic carbocycles. The molecule has 2 aliphatic rings. The summed E-state index contributed by atoms with van der Waals surface area (Å²) in [6.07, 6.45) is 4.80. The van der Waals surface area contributed by atoms with Gasteiger partial charge in [-0.15, -0.1) is 0 Å². The SMILES string of the molecule is COC(=O)N1CC(N)CC(CC2CC2)C1. The Balaban J connectivity index is 1.87. The maximum Gasteiger partial charge on any atom is 0.409 e. The molecule has 0 spiro atoms. The molecule has 1 saturated carbocycles. The van der Waals surface area contributed by atoms with Gasteiger partial charge < -0.3 is 15.4 Å². The first-order valence-corrected chi connectivity index (χ1v) is 5.77. The van der Waals surface area contributed by atoms with E-state index in [1.54, 1.807) is 4.90 Å². The highest BCUT2D eigenvalue weighted by molar-refractivity contribution is 5.67. The van der Waals surface area contributed by atoms with Crippen LogP contribution in [0.15, 0.2) is 0 Å². The topological polar surface area (TPSA) is 55.6 Å². The van der Waals surface area contributed by atoms with Crippen molar-refractivity contribution in [2.75, 3.05) is 20.2 Å². The number of ether oxygens (including phenoxy) is 1. The second-order valence-corrected chi connectivity index (χ2v) is 4.92. The average Bonchev–Trinajstić information content (AvgIpc) is 2.99. The number of likely N-dealkylation sites (tertiary alicyclic amines) is 1. The Morgan fingerprint density at radius 2 is 2.13 bits per heavy atom. The van der Waals surface area contributed by atoms with Crippen LogP contribution < -0.4 is 5.73 Å². The molecule has 1 aliphatic carbocycles. The molecule has 1 saturated heterocycles. The lowest BCUT2D eigenvalue weighted by Crippen LogP contribution is -2.49. The van der Waals surface area contributed by atoms with Crippen molar-refractivity contribution in [1.82, 2.24) is 4.90 Å². The highest BCUT2D eigenvalue weighted by atomic mass is 16.5. The van der Waals surface area contributed by atoms with Gasteiger partial charge in [0, 0.05) is 19.1 Å². The van der Waals surface area contributed by atoms with Crippen molar-refractivity contribution in [1.29, 1.82) is 0 Å². The minimum absolute atomic E-state index is 0.126. The van der Waals surface area contributed by atoms with Gasteiger partial charge in [0.25, 0.3) is 0 Å². The highest BCUT2D eigenvalue weighted by Gasteiger charge is 2.32. The smallest absolute Gasteiger partial charge is 0.409 e. The number of carbonyl (C=O) groups is 1. The third-order valence-electron chi connectivity index (χ3n) is 3.37. The van der Waals surface area contributed by atoms with Gasteiger partial charge in [-0.25, -0.2) is 4.79 Å². The number of rotatable bonds is 2. The van der Waals surface area contributed by atoms with Gasteiger partial charge in [0.05, 0.1) is 7.11 Å². The molecule has 4 nitrogen and oxygen atoms in total. The van der Waals surface area contributed by atoms with Crippen LogP contribution in [-0.2, 0) is 4.74 Å². The van der Waals surface area contributed by atoms with Crippen LogP contribution in [0.2, 0.25) is 0 Å². The van der Waals surface area contributed by atoms with E-state index in [-0.39, 0.29) is 12.1 Å². The molecule has 1 heterocycles. The van der Waals surface area contributed by atoms with Crippen molar-refractivity contribution >= 4 is 6.09 Å². The average molecular weight is 212 g/mol. The summed E-state index contributed by atoms with van der Waals surface area (Å²) in [4.78, 5) is 13.2. The zero-order chi connectivity index (χ0) is 10.8. The van der Waals surface area contributed by atoms with E-state index in [1.807, 2.05) is 0 Å². The number of piperidine rings is 1. The number of methoxy groups -OCH3 is 1. The van der Waals surface area contributed by atoms with E-state index in [0.717, 1.165) is 18.9 Å². The molecule has 0 bridgehead atoms. The normalized spacial score (nSPS) is 31.5. The van der Waals surface area contributed by atoms with Crippen molar-refractivity contribution in [3.8, 4) is 0 Å². The van der Waals surface area contributed by atoms with E-state index in [4.69, 9.17) is 10.5 Å². The first kappa shape index (κ1) is 10.7. The van der Waals surface area contributed by atoms with Gasteiger partial charge in [-0.2, -0.15) is 0 Å². The second kappa shape index (κ2) is 4.39. The quantitative estimate of drug-likeness (QED) is 0.748. The van der Waals surface area contributed by atoms with Crippen LogP contribution in [0.25, 0.3) is 0 Å². The molecule has 2 unspecified atom stereocenters. The van der Waals surface area contributed by atoms with Crippen LogP contribution in [0.4, 0.5) is 4.79 Å². The summed E-state index contributed by atoms with van der Waals surface area (Å²) in [5, 5.41) is 0. The largest absolute Gasteiger partial charge is 0.453 e. The lowest BCUT2D eigenvalue weighted by Gasteiger charge is -2.35. The van der Waals surface area contributed by atoms with E-state index in [1.165, 1.54) is 26.4 Å². The molecule has 0 aromatic rings. The molecule has 15 heavy (non-hydrogen) atoms. The maximum atomic E-state index is 11.4. The summed E-state index contributed by atoms with van der Waals surface area (Å²) in [7, 11) is 1.43. The predicted molar refractivity (Wildman–Crippen MR) is 57.4 cm³/mol. The number of amides is 1. The van der Waals surface area contributed by atoms with Crippen LogP contribution in [0.3, 0.4) is 0 Å². The molecular weight excluding hydrogens is 192 g/mol. The number of hydrogen-bond acceptors (Lipinski definition) is 3. The van der Waals surface area contributed by atoms with E-state index < -0.39 is 0 Å². The molecule has 86 valence electrons. The van der Waals surface area contributed by atoms with Crippen LogP contribution in [0, 0.1) is 11.8 Å². The number of carbonyl (C=O) groups excluding carboxylic acids is 1. The Labute approximate surface area is 90.8 Å². The summed E-state index contributed by atoms with van der Waals surface area (Å²) < 4.78 is 4.74. The molecule has 2 rings (SSSR count). The van der Waals surface area contributed by atoms with Gasteiger partial charge in [-0.3, -0.25) is 0 Å². The van der Waals surface area contributed by atoms with Gasteiger partial charge >= 0.3 is 6.09 Å². The van der Waals surface area contributed by atoms with E-state index >= 15 is 0 Å². The fourth-order valence-electron chi connectivity index (χ4n) is 2.52. The van der Waals surface area contributed by atoms with E-state index in [2.05, 4.69) is 0 Å². The van der Waals surface area contributed by atoms with Gasteiger partial charge in [-0.1, -0.05) is 12.8 Å². The summed E-state index contributed by atoms with van der Waals surface area (Å²) in [6.45, 7) is 1.48. The number of nitrogens with zero attached hydrogens (tertiary/aromatic N) is 1. The number of nitrogens with two attached hydrogens (primary N) is 1. The third-order valence-corrected chi connectivity index (χ3v) is 3.37. The molecule has 1 amide bonds. The molecular formula is C11H20N2O2. The standard InChI is InChI=1S/C11H20N2O2/c1-15-11(14)13-6-9(4-8-2-3-8)5-10(12)7-13/h8-10H,2-7,12H2,1H3. The second-order valence-electron chi connectivity index (χ2n) is 4.92. The lowest BCUT2D eigenvalue weighted by molar-refractivity contribution is 0.0935. The predicted octanol–water partition coefficient (Wildman–Crippen LogP) is 1.20. The summed E-state index contributed by atoms with van der Waals surface area (Å²) >= 11 is 0. The molecule has 1 aliphatic heterocycles. The van der Waals surface area contributed by atoms with Crippen molar-refractivity contribution in [2.24, 2.45) is 17.6 Å². The van der Waals surface area contributed by atoms with Crippen LogP contribution in [0.1, 0.15) is 25.7 Å². The molecule has 0 radical (unpaired) electrons. The molecule has 4 heteroatoms. The fourth-order valence-corrected chi connectivity index (χ4v) is 2.52. The number of hydrogen-bond donors (Lipinski definition) is 1. The molecule has 2 N–H and O–H groups in total. The van der Waals surface area contributed by atoms with Crippen LogP contribution in [0.5, 0.6) is 0 Å². The zero-order valence-electron chi connectivity index (χ0n) is 9.32. The Bertz CT molecular complexity index is 239. The van der Waals surface area contributed by atoms with Gasteiger partial charge in [0.2, 0.25) is 0 Å². The lowest BCUT2D eigenvalue weighted by atomic mass is 9.90. The van der Waals surface area contributed by atoms with Gasteiger partial charge in [0.1, 0.15) is 0 Å². The fraction of sp³-hybridized carbons (Fsp3) is 0.909. The minimum Gasteiger partial charge on any atom is -0.453 e. The maximum absolute atomic E-state index is 11.4. The highest BCUT2D eigenvalue weighted by Crippen LogP contribution is 2.37. The molecule has 2 atom stereocenters. The Kier molecular flexibility index (Phi) is 3.14.